The minimum Gasteiger partial charge on any atom is -0.351 e. The van der Waals surface area contributed by atoms with E-state index in [2.05, 4.69) is 22.1 Å². The number of nitrogens with one attached hydrogen (secondary N) is 1. The number of imide groups is 1. The van der Waals surface area contributed by atoms with Gasteiger partial charge in [0.25, 0.3) is 5.91 Å². The van der Waals surface area contributed by atoms with Gasteiger partial charge in [0.15, 0.2) is 0 Å². The fraction of sp³-hybridized carbons (Fsp3) is 0.600. The average molecular weight is 372 g/mol. The van der Waals surface area contributed by atoms with Crippen molar-refractivity contribution in [1.82, 2.24) is 15.1 Å². The molecule has 0 spiro atoms. The molecule has 4 amide bonds. The van der Waals surface area contributed by atoms with Crippen molar-refractivity contribution in [2.45, 2.75) is 39.0 Å². The highest BCUT2D eigenvalue weighted by Gasteiger charge is 2.36. The van der Waals surface area contributed by atoms with Crippen molar-refractivity contribution in [3.8, 4) is 0 Å². The summed E-state index contributed by atoms with van der Waals surface area (Å²) in [4.78, 5) is 44.8. The van der Waals surface area contributed by atoms with Gasteiger partial charge < -0.3 is 10.2 Å². The number of urea groups is 1. The van der Waals surface area contributed by atoms with Gasteiger partial charge in [0.05, 0.1) is 11.6 Å². The van der Waals surface area contributed by atoms with Crippen LogP contribution in [0.2, 0.25) is 0 Å². The Kier molecular flexibility index (Phi) is 6.55. The van der Waals surface area contributed by atoms with Crippen molar-refractivity contribution in [2.75, 3.05) is 32.7 Å². The maximum Gasteiger partial charge on any atom is 0.350 e. The lowest BCUT2D eigenvalue weighted by Crippen LogP contribution is -2.46. The molecular formula is C20H28N4O3. The Bertz CT molecular complexity index is 689. The molecule has 27 heavy (non-hydrogen) atoms. The van der Waals surface area contributed by atoms with Crippen LogP contribution in [0.5, 0.6) is 0 Å². The zero-order valence-electron chi connectivity index (χ0n) is 15.9. The number of likely N-dealkylation sites (tertiary alicyclic amines) is 1. The third-order valence-electron chi connectivity index (χ3n) is 5.24. The molecule has 7 heteroatoms. The standard InChI is InChI=1S/C20H28N4O3/c1-2-3-4-12-24-19(26)16-8-7-15(14-17(16)22-20(24)27)18(25)21-9-13-23-10-5-6-11-23/h7-8,14,16H,2-6,9-13H2,1H3,(H,21,25). The monoisotopic (exact) mass is 372 g/mol. The van der Waals surface area contributed by atoms with Crippen LogP contribution in [0.4, 0.5) is 4.79 Å². The van der Waals surface area contributed by atoms with E-state index >= 15 is 0 Å². The van der Waals surface area contributed by atoms with Crippen molar-refractivity contribution < 1.29 is 14.4 Å². The summed E-state index contributed by atoms with van der Waals surface area (Å²) < 4.78 is 0. The fourth-order valence-corrected chi connectivity index (χ4v) is 3.64. The number of carbonyl (C=O) groups is 3. The summed E-state index contributed by atoms with van der Waals surface area (Å²) in [6, 6.07) is -0.525. The molecule has 7 nitrogen and oxygen atoms in total. The summed E-state index contributed by atoms with van der Waals surface area (Å²) in [7, 11) is 0. The molecule has 0 radical (unpaired) electrons. The topological polar surface area (TPSA) is 82.1 Å². The first-order valence-corrected chi connectivity index (χ1v) is 9.94. The van der Waals surface area contributed by atoms with Crippen molar-refractivity contribution >= 4 is 23.6 Å². The van der Waals surface area contributed by atoms with Crippen molar-refractivity contribution in [3.05, 3.63) is 23.8 Å². The van der Waals surface area contributed by atoms with E-state index in [9.17, 15) is 14.4 Å². The highest BCUT2D eigenvalue weighted by atomic mass is 16.2. The molecule has 0 bridgehead atoms. The molecule has 1 atom stereocenters. The highest BCUT2D eigenvalue weighted by molar-refractivity contribution is 6.23. The summed E-state index contributed by atoms with van der Waals surface area (Å²) >= 11 is 0. The second-order valence-corrected chi connectivity index (χ2v) is 7.26. The largest absolute Gasteiger partial charge is 0.351 e. The quantitative estimate of drug-likeness (QED) is 0.660. The number of aliphatic imine (C=N–C) groups is 1. The predicted octanol–water partition coefficient (Wildman–Crippen LogP) is 1.90. The van der Waals surface area contributed by atoms with Crippen LogP contribution in [0.25, 0.3) is 0 Å². The van der Waals surface area contributed by atoms with Crippen LogP contribution in [0, 0.1) is 5.92 Å². The van der Waals surface area contributed by atoms with Gasteiger partial charge in [0.2, 0.25) is 5.91 Å². The maximum absolute atomic E-state index is 12.6. The van der Waals surface area contributed by atoms with Crippen molar-refractivity contribution in [2.24, 2.45) is 10.9 Å². The summed E-state index contributed by atoms with van der Waals surface area (Å²) in [5, 5.41) is 2.90. The van der Waals surface area contributed by atoms with Gasteiger partial charge in [-0.05, 0) is 38.4 Å². The number of amides is 4. The Morgan fingerprint density at radius 3 is 2.74 bits per heavy atom. The zero-order valence-corrected chi connectivity index (χ0v) is 15.9. The Morgan fingerprint density at radius 1 is 1.22 bits per heavy atom. The van der Waals surface area contributed by atoms with E-state index in [4.69, 9.17) is 0 Å². The van der Waals surface area contributed by atoms with Crippen LogP contribution < -0.4 is 5.32 Å². The first-order valence-electron chi connectivity index (χ1n) is 9.94. The smallest absolute Gasteiger partial charge is 0.350 e. The molecule has 1 fully saturated rings. The summed E-state index contributed by atoms with van der Waals surface area (Å²) in [6.45, 7) is 6.09. The molecule has 3 rings (SSSR count). The molecule has 1 aliphatic carbocycles. The number of hydrogen-bond acceptors (Lipinski definition) is 4. The second kappa shape index (κ2) is 9.08. The molecule has 1 unspecified atom stereocenters. The molecular weight excluding hydrogens is 344 g/mol. The van der Waals surface area contributed by atoms with Gasteiger partial charge in [0.1, 0.15) is 0 Å². The first-order chi connectivity index (χ1) is 13.1. The molecule has 2 aliphatic heterocycles. The van der Waals surface area contributed by atoms with Gasteiger partial charge in [0, 0.05) is 25.2 Å². The van der Waals surface area contributed by atoms with E-state index in [1.807, 2.05) is 0 Å². The normalized spacial score (nSPS) is 22.6. The summed E-state index contributed by atoms with van der Waals surface area (Å²) in [5.74, 6) is -1.01. The highest BCUT2D eigenvalue weighted by Crippen LogP contribution is 2.22. The van der Waals surface area contributed by atoms with E-state index in [0.717, 1.165) is 38.9 Å². The number of rotatable bonds is 8. The van der Waals surface area contributed by atoms with Gasteiger partial charge in [-0.1, -0.05) is 31.9 Å². The van der Waals surface area contributed by atoms with E-state index in [1.54, 1.807) is 18.2 Å². The maximum atomic E-state index is 12.6. The van der Waals surface area contributed by atoms with E-state index in [0.29, 0.717) is 24.4 Å². The lowest BCUT2D eigenvalue weighted by molar-refractivity contribution is -0.129. The molecule has 0 aromatic rings. The molecule has 1 saturated heterocycles. The Balaban J connectivity index is 1.58. The Hall–Kier alpha value is -2.28. The lowest BCUT2D eigenvalue weighted by Gasteiger charge is -2.29. The number of nitrogens with zero attached hydrogens (tertiary/aromatic N) is 3. The number of allylic oxidation sites excluding steroid dienone is 1. The van der Waals surface area contributed by atoms with Gasteiger partial charge in [-0.2, -0.15) is 4.99 Å². The van der Waals surface area contributed by atoms with E-state index in [1.165, 1.54) is 17.7 Å². The third kappa shape index (κ3) is 4.71. The number of unbranched alkanes of at least 4 members (excludes halogenated alkanes) is 2. The molecule has 0 saturated carbocycles. The minimum absolute atomic E-state index is 0.197. The van der Waals surface area contributed by atoms with Gasteiger partial charge in [-0.3, -0.25) is 14.5 Å². The minimum atomic E-state index is -0.564. The SMILES string of the molecule is CCCCCN1C(=O)N=C2C=C(C(=O)NCCN3CCCC3)C=CC2C1=O. The summed E-state index contributed by atoms with van der Waals surface area (Å²) in [5.41, 5.74) is 0.801. The number of hydrogen-bond donors (Lipinski definition) is 1. The molecule has 146 valence electrons. The van der Waals surface area contributed by atoms with Crippen LogP contribution in [0.3, 0.4) is 0 Å². The van der Waals surface area contributed by atoms with Crippen LogP contribution in [0.15, 0.2) is 28.8 Å². The Labute approximate surface area is 160 Å². The van der Waals surface area contributed by atoms with E-state index < -0.39 is 11.9 Å². The lowest BCUT2D eigenvalue weighted by atomic mass is 9.91. The van der Waals surface area contributed by atoms with Gasteiger partial charge in [-0.15, -0.1) is 0 Å². The first kappa shape index (κ1) is 19.5. The molecule has 0 aromatic heterocycles. The van der Waals surface area contributed by atoms with Crippen molar-refractivity contribution in [1.29, 1.82) is 0 Å². The summed E-state index contributed by atoms with van der Waals surface area (Å²) in [6.07, 6.45) is 10.1. The molecule has 0 aromatic carbocycles. The van der Waals surface area contributed by atoms with Crippen LogP contribution in [-0.2, 0) is 9.59 Å². The molecule has 2 heterocycles. The average Bonchev–Trinajstić information content (AvgIpc) is 3.17. The second-order valence-electron chi connectivity index (χ2n) is 7.26. The van der Waals surface area contributed by atoms with Crippen LogP contribution in [-0.4, -0.2) is 66.1 Å². The predicted molar refractivity (Wildman–Crippen MR) is 103 cm³/mol. The fourth-order valence-electron chi connectivity index (χ4n) is 3.64. The number of fused-ring (bicyclic) bond motifs is 1. The van der Waals surface area contributed by atoms with Crippen LogP contribution in [0.1, 0.15) is 39.0 Å². The third-order valence-corrected chi connectivity index (χ3v) is 5.24. The zero-order chi connectivity index (χ0) is 19.2. The van der Waals surface area contributed by atoms with Gasteiger partial charge >= 0.3 is 6.03 Å². The Morgan fingerprint density at radius 2 is 2.00 bits per heavy atom. The molecule has 1 N–H and O–H groups in total. The van der Waals surface area contributed by atoms with Gasteiger partial charge in [-0.25, -0.2) is 4.79 Å². The molecule has 3 aliphatic rings. The number of carbonyl (C=O) groups excluding carboxylic acids is 3. The van der Waals surface area contributed by atoms with E-state index in [-0.39, 0.29) is 11.8 Å². The van der Waals surface area contributed by atoms with Crippen LogP contribution >= 0.6 is 0 Å². The van der Waals surface area contributed by atoms with Crippen molar-refractivity contribution in [3.63, 3.8) is 0 Å².